The zero-order valence-electron chi connectivity index (χ0n) is 14.9. The predicted octanol–water partition coefficient (Wildman–Crippen LogP) is -4.37. The van der Waals surface area contributed by atoms with Crippen molar-refractivity contribution >= 4 is 42.3 Å². The molecule has 0 aromatic carbocycles. The van der Waals surface area contributed by atoms with Crippen LogP contribution in [0.15, 0.2) is 0 Å². The Morgan fingerprint density at radius 3 is 1.89 bits per heavy atom. The van der Waals surface area contributed by atoms with Crippen LogP contribution in [0.5, 0.6) is 0 Å². The Morgan fingerprint density at radius 2 is 1.50 bits per heavy atom. The third-order valence-electron chi connectivity index (χ3n) is 3.41. The van der Waals surface area contributed by atoms with Gasteiger partial charge < -0.3 is 42.1 Å². The molecule has 0 aromatic heterocycles. The van der Waals surface area contributed by atoms with E-state index in [1.807, 2.05) is 5.32 Å². The molecule has 13 nitrogen and oxygen atoms in total. The third-order valence-corrected chi connectivity index (χ3v) is 3.77. The summed E-state index contributed by atoms with van der Waals surface area (Å²) in [6, 6.07) is -6.00. The summed E-state index contributed by atoms with van der Waals surface area (Å²) in [6.45, 7) is 0.275. The fraction of sp³-hybridized carbons (Fsp3) is 0.643. The van der Waals surface area contributed by atoms with Gasteiger partial charge in [0.15, 0.2) is 0 Å². The first-order valence-electron chi connectivity index (χ1n) is 7.95. The molecule has 5 unspecified atom stereocenters. The van der Waals surface area contributed by atoms with Gasteiger partial charge in [0.05, 0.1) is 25.2 Å². The number of carbonyl (C=O) groups excluding carboxylic acids is 3. The van der Waals surface area contributed by atoms with Crippen molar-refractivity contribution in [2.45, 2.75) is 43.6 Å². The summed E-state index contributed by atoms with van der Waals surface area (Å²) in [5.41, 5.74) is 5.38. The minimum Gasteiger partial charge on any atom is -0.481 e. The number of rotatable bonds is 12. The highest BCUT2D eigenvalue weighted by atomic mass is 32.1. The monoisotopic (exact) mass is 424 g/mol. The molecule has 0 saturated carbocycles. The van der Waals surface area contributed by atoms with Crippen LogP contribution < -0.4 is 21.7 Å². The smallest absolute Gasteiger partial charge is 0.328 e. The number of carbonyl (C=O) groups is 5. The van der Waals surface area contributed by atoms with E-state index in [2.05, 4.69) is 23.3 Å². The fourth-order valence-electron chi connectivity index (χ4n) is 1.86. The van der Waals surface area contributed by atoms with Crippen LogP contribution in [0.25, 0.3) is 0 Å². The lowest BCUT2D eigenvalue weighted by molar-refractivity contribution is -0.143. The average Bonchev–Trinajstić information content (AvgIpc) is 2.59. The number of aliphatic hydroxyl groups is 2. The lowest BCUT2D eigenvalue weighted by Crippen LogP contribution is -2.60. The van der Waals surface area contributed by atoms with Crippen molar-refractivity contribution in [3.05, 3.63) is 0 Å². The molecular weight excluding hydrogens is 400 g/mol. The Balaban J connectivity index is 5.09. The highest BCUT2D eigenvalue weighted by Gasteiger charge is 2.32. The number of nitrogens with one attached hydrogen (secondary N) is 3. The topological polar surface area (TPSA) is 228 Å². The van der Waals surface area contributed by atoms with Crippen molar-refractivity contribution in [3.63, 3.8) is 0 Å². The van der Waals surface area contributed by atoms with Crippen LogP contribution in [-0.2, 0) is 24.0 Å². The van der Waals surface area contributed by atoms with E-state index in [0.717, 1.165) is 6.92 Å². The van der Waals surface area contributed by atoms with Gasteiger partial charge in [-0.3, -0.25) is 19.2 Å². The van der Waals surface area contributed by atoms with Crippen molar-refractivity contribution in [2.75, 3.05) is 12.4 Å². The average molecular weight is 424 g/mol. The second kappa shape index (κ2) is 12.1. The second-order valence-electron chi connectivity index (χ2n) is 5.76. The summed E-state index contributed by atoms with van der Waals surface area (Å²) in [5, 5.41) is 42.3. The van der Waals surface area contributed by atoms with Crippen molar-refractivity contribution in [1.82, 2.24) is 16.0 Å². The van der Waals surface area contributed by atoms with Gasteiger partial charge in [-0.1, -0.05) is 0 Å². The van der Waals surface area contributed by atoms with E-state index in [9.17, 15) is 29.1 Å². The van der Waals surface area contributed by atoms with Crippen molar-refractivity contribution in [2.24, 2.45) is 5.73 Å². The SMILES string of the molecule is CC(O)C(NC(=O)C(N)CC(=O)O)C(=O)NC(CS)C(=O)NC(CO)C(=O)O. The van der Waals surface area contributed by atoms with Crippen molar-refractivity contribution in [3.8, 4) is 0 Å². The lowest BCUT2D eigenvalue weighted by Gasteiger charge is -2.25. The van der Waals surface area contributed by atoms with E-state index >= 15 is 0 Å². The predicted molar refractivity (Wildman–Crippen MR) is 96.3 cm³/mol. The Kier molecular flexibility index (Phi) is 11.1. The molecule has 14 heteroatoms. The normalized spacial score (nSPS) is 16.0. The van der Waals surface area contributed by atoms with Gasteiger partial charge in [-0.2, -0.15) is 12.6 Å². The molecule has 0 aliphatic rings. The van der Waals surface area contributed by atoms with Crippen LogP contribution in [0.4, 0.5) is 0 Å². The van der Waals surface area contributed by atoms with Crippen LogP contribution in [0.1, 0.15) is 13.3 Å². The van der Waals surface area contributed by atoms with E-state index in [1.54, 1.807) is 0 Å². The van der Waals surface area contributed by atoms with Gasteiger partial charge in [-0.15, -0.1) is 0 Å². The maximum Gasteiger partial charge on any atom is 0.328 e. The number of thiol groups is 1. The molecule has 0 rings (SSSR count). The van der Waals surface area contributed by atoms with Crippen LogP contribution in [0.3, 0.4) is 0 Å². The van der Waals surface area contributed by atoms with Crippen LogP contribution in [0.2, 0.25) is 0 Å². The van der Waals surface area contributed by atoms with Gasteiger partial charge in [0.25, 0.3) is 0 Å². The van der Waals surface area contributed by atoms with Crippen LogP contribution in [0, 0.1) is 0 Å². The van der Waals surface area contributed by atoms with E-state index in [0.29, 0.717) is 0 Å². The molecule has 0 spiro atoms. The molecule has 0 heterocycles. The van der Waals surface area contributed by atoms with E-state index < -0.39 is 73.0 Å². The van der Waals surface area contributed by atoms with E-state index in [-0.39, 0.29) is 5.75 Å². The number of hydrogen-bond acceptors (Lipinski definition) is 9. The highest BCUT2D eigenvalue weighted by Crippen LogP contribution is 1.99. The largest absolute Gasteiger partial charge is 0.481 e. The molecule has 0 bridgehead atoms. The third kappa shape index (κ3) is 8.51. The lowest BCUT2D eigenvalue weighted by atomic mass is 10.1. The Bertz CT molecular complexity index is 601. The summed E-state index contributed by atoms with van der Waals surface area (Å²) < 4.78 is 0. The fourth-order valence-corrected chi connectivity index (χ4v) is 2.12. The first-order chi connectivity index (χ1) is 12.9. The number of aliphatic hydroxyl groups excluding tert-OH is 2. The maximum atomic E-state index is 12.3. The van der Waals surface area contributed by atoms with Crippen molar-refractivity contribution < 1.29 is 44.4 Å². The molecule has 160 valence electrons. The zero-order valence-corrected chi connectivity index (χ0v) is 15.8. The molecule has 0 radical (unpaired) electrons. The molecule has 0 saturated heterocycles. The first kappa shape index (κ1) is 25.6. The zero-order chi connectivity index (χ0) is 22.0. The summed E-state index contributed by atoms with van der Waals surface area (Å²) in [4.78, 5) is 57.6. The number of aliphatic carboxylic acids is 2. The Hall–Kier alpha value is -2.42. The minimum atomic E-state index is -1.60. The molecule has 9 N–H and O–H groups in total. The molecule has 0 aliphatic heterocycles. The summed E-state index contributed by atoms with van der Waals surface area (Å²) in [7, 11) is 0. The van der Waals surface area contributed by atoms with Gasteiger partial charge in [0.2, 0.25) is 17.7 Å². The van der Waals surface area contributed by atoms with E-state index in [4.69, 9.17) is 21.1 Å². The quantitative estimate of drug-likeness (QED) is 0.137. The number of hydrogen-bond donors (Lipinski definition) is 9. The molecule has 0 aromatic rings. The second-order valence-corrected chi connectivity index (χ2v) is 6.12. The molecule has 0 aliphatic carbocycles. The van der Waals surface area contributed by atoms with Crippen molar-refractivity contribution in [1.29, 1.82) is 0 Å². The standard InChI is InChI=1S/C14H24N4O9S/c1-5(20)10(18-11(23)6(15)2-9(21)22)13(25)17-8(4-28)12(24)16-7(3-19)14(26)27/h5-8,10,19-20,28H,2-4,15H2,1H3,(H,16,24)(H,17,25)(H,18,23)(H,21,22)(H,26,27). The van der Waals surface area contributed by atoms with Gasteiger partial charge in [-0.25, -0.2) is 4.79 Å². The molecule has 28 heavy (non-hydrogen) atoms. The number of carboxylic acids is 2. The molecule has 0 fully saturated rings. The van der Waals surface area contributed by atoms with Gasteiger partial charge in [0.1, 0.15) is 18.1 Å². The van der Waals surface area contributed by atoms with Gasteiger partial charge >= 0.3 is 11.9 Å². The van der Waals surface area contributed by atoms with Gasteiger partial charge in [0, 0.05) is 5.75 Å². The minimum absolute atomic E-state index is 0.269. The van der Waals surface area contributed by atoms with E-state index in [1.165, 1.54) is 0 Å². The van der Waals surface area contributed by atoms with Gasteiger partial charge in [-0.05, 0) is 6.92 Å². The summed E-state index contributed by atoms with van der Waals surface area (Å²) >= 11 is 3.87. The highest BCUT2D eigenvalue weighted by molar-refractivity contribution is 7.80. The summed E-state index contributed by atoms with van der Waals surface area (Å²) in [6.07, 6.45) is -2.15. The Morgan fingerprint density at radius 1 is 0.964 bits per heavy atom. The molecular formula is C14H24N4O9S. The molecule has 3 amide bonds. The Labute approximate surface area is 165 Å². The summed E-state index contributed by atoms with van der Waals surface area (Å²) in [5.74, 6) is -6.11. The van der Waals surface area contributed by atoms with Crippen LogP contribution >= 0.6 is 12.6 Å². The number of carboxylic acid groups (broad SMARTS) is 2. The number of amides is 3. The number of nitrogens with two attached hydrogens (primary N) is 1. The van der Waals surface area contributed by atoms with Crippen LogP contribution in [-0.4, -0.2) is 92.7 Å². The first-order valence-corrected chi connectivity index (χ1v) is 8.58. The maximum absolute atomic E-state index is 12.3. The molecule has 5 atom stereocenters.